The Morgan fingerprint density at radius 2 is 1.76 bits per heavy atom. The minimum atomic E-state index is -0.737. The van der Waals surface area contributed by atoms with E-state index in [1.807, 2.05) is 6.92 Å². The standard InChI is InChI=1S/C16H14ClNO3/c1-10-3-5-11(6-4-10)15(19)16(20)18-13-9-12(17)7-8-14(13)21-2/h3-9H,1-2H3,(H,18,20). The molecule has 2 rings (SSSR count). The first-order chi connectivity index (χ1) is 10.0. The third-order valence-corrected chi connectivity index (χ3v) is 3.16. The monoisotopic (exact) mass is 303 g/mol. The van der Waals surface area contributed by atoms with Crippen LogP contribution in [-0.4, -0.2) is 18.8 Å². The number of methoxy groups -OCH3 is 1. The zero-order valence-electron chi connectivity index (χ0n) is 11.6. The van der Waals surface area contributed by atoms with Crippen LogP contribution < -0.4 is 10.1 Å². The molecule has 5 heteroatoms. The van der Waals surface area contributed by atoms with Crippen molar-refractivity contribution in [3.05, 3.63) is 58.6 Å². The van der Waals surface area contributed by atoms with Gasteiger partial charge < -0.3 is 10.1 Å². The zero-order chi connectivity index (χ0) is 15.4. The van der Waals surface area contributed by atoms with Crippen LogP contribution in [0.3, 0.4) is 0 Å². The molecule has 2 aromatic rings. The molecule has 0 saturated carbocycles. The molecule has 0 fully saturated rings. The highest BCUT2D eigenvalue weighted by atomic mass is 35.5. The van der Waals surface area contributed by atoms with Crippen molar-refractivity contribution in [1.29, 1.82) is 0 Å². The smallest absolute Gasteiger partial charge is 0.296 e. The SMILES string of the molecule is COc1ccc(Cl)cc1NC(=O)C(=O)c1ccc(C)cc1. The topological polar surface area (TPSA) is 55.4 Å². The third kappa shape index (κ3) is 3.61. The predicted molar refractivity (Wildman–Crippen MR) is 82.1 cm³/mol. The Morgan fingerprint density at radius 1 is 1.10 bits per heavy atom. The van der Waals surface area contributed by atoms with Crippen molar-refractivity contribution in [2.45, 2.75) is 6.92 Å². The van der Waals surface area contributed by atoms with E-state index in [9.17, 15) is 9.59 Å². The summed E-state index contributed by atoms with van der Waals surface area (Å²) >= 11 is 5.88. The lowest BCUT2D eigenvalue weighted by Crippen LogP contribution is -2.23. The van der Waals surface area contributed by atoms with Gasteiger partial charge in [-0.3, -0.25) is 9.59 Å². The maximum Gasteiger partial charge on any atom is 0.296 e. The number of halogens is 1. The van der Waals surface area contributed by atoms with Gasteiger partial charge in [0.2, 0.25) is 0 Å². The minimum absolute atomic E-state index is 0.332. The van der Waals surface area contributed by atoms with Crippen LogP contribution in [0.4, 0.5) is 5.69 Å². The molecule has 1 amide bonds. The summed E-state index contributed by atoms with van der Waals surface area (Å²) in [7, 11) is 1.47. The number of anilines is 1. The molecular weight excluding hydrogens is 290 g/mol. The van der Waals surface area contributed by atoms with E-state index in [2.05, 4.69) is 5.32 Å². The van der Waals surface area contributed by atoms with Crippen molar-refractivity contribution in [2.24, 2.45) is 0 Å². The van der Waals surface area contributed by atoms with Gasteiger partial charge in [-0.15, -0.1) is 0 Å². The highest BCUT2D eigenvalue weighted by molar-refractivity contribution is 6.46. The molecule has 0 aliphatic rings. The third-order valence-electron chi connectivity index (χ3n) is 2.93. The molecule has 0 saturated heterocycles. The summed E-state index contributed by atoms with van der Waals surface area (Å²) in [5.41, 5.74) is 1.71. The van der Waals surface area contributed by atoms with Crippen molar-refractivity contribution in [2.75, 3.05) is 12.4 Å². The Bertz CT molecular complexity index is 680. The molecule has 21 heavy (non-hydrogen) atoms. The summed E-state index contributed by atoms with van der Waals surface area (Å²) in [5, 5.41) is 2.96. The molecule has 0 aliphatic heterocycles. The highest BCUT2D eigenvalue weighted by Gasteiger charge is 2.18. The van der Waals surface area contributed by atoms with Gasteiger partial charge in [0, 0.05) is 10.6 Å². The van der Waals surface area contributed by atoms with Crippen molar-refractivity contribution in [3.8, 4) is 5.75 Å². The number of carbonyl (C=O) groups excluding carboxylic acids is 2. The van der Waals surface area contributed by atoms with E-state index >= 15 is 0 Å². The van der Waals surface area contributed by atoms with Crippen LogP contribution in [0, 0.1) is 6.92 Å². The molecule has 0 spiro atoms. The van der Waals surface area contributed by atoms with E-state index in [1.54, 1.807) is 36.4 Å². The molecule has 0 aliphatic carbocycles. The van der Waals surface area contributed by atoms with Gasteiger partial charge in [0.25, 0.3) is 11.7 Å². The molecular formula is C16H14ClNO3. The van der Waals surface area contributed by atoms with Gasteiger partial charge in [0.1, 0.15) is 5.75 Å². The quantitative estimate of drug-likeness (QED) is 0.695. The summed E-state index contributed by atoms with van der Waals surface area (Å²) < 4.78 is 5.12. The maximum absolute atomic E-state index is 12.1. The Morgan fingerprint density at radius 3 is 2.38 bits per heavy atom. The van der Waals surface area contributed by atoms with Gasteiger partial charge in [-0.25, -0.2) is 0 Å². The van der Waals surface area contributed by atoms with Crippen molar-refractivity contribution in [3.63, 3.8) is 0 Å². The summed E-state index contributed by atoms with van der Waals surface area (Å²) in [6, 6.07) is 11.6. The van der Waals surface area contributed by atoms with Crippen molar-refractivity contribution >= 4 is 29.0 Å². The molecule has 108 valence electrons. The Balaban J connectivity index is 2.19. The van der Waals surface area contributed by atoms with Crippen LogP contribution in [0.5, 0.6) is 5.75 Å². The number of rotatable bonds is 4. The first-order valence-electron chi connectivity index (χ1n) is 6.27. The lowest BCUT2D eigenvalue weighted by Gasteiger charge is -2.10. The second kappa shape index (κ2) is 6.41. The molecule has 1 N–H and O–H groups in total. The number of benzene rings is 2. The molecule has 0 bridgehead atoms. The van der Waals surface area contributed by atoms with Crippen LogP contribution in [0.25, 0.3) is 0 Å². The lowest BCUT2D eigenvalue weighted by molar-refractivity contribution is -0.112. The van der Waals surface area contributed by atoms with Crippen LogP contribution in [0.15, 0.2) is 42.5 Å². The van der Waals surface area contributed by atoms with E-state index in [1.165, 1.54) is 13.2 Å². The predicted octanol–water partition coefficient (Wildman–Crippen LogP) is 3.48. The van der Waals surface area contributed by atoms with Crippen LogP contribution in [0.1, 0.15) is 15.9 Å². The average Bonchev–Trinajstić information content (AvgIpc) is 2.47. The van der Waals surface area contributed by atoms with E-state index in [4.69, 9.17) is 16.3 Å². The van der Waals surface area contributed by atoms with E-state index in [0.717, 1.165) is 5.56 Å². The fourth-order valence-corrected chi connectivity index (χ4v) is 1.97. The first-order valence-corrected chi connectivity index (χ1v) is 6.65. The van der Waals surface area contributed by atoms with E-state index in [-0.39, 0.29) is 0 Å². The van der Waals surface area contributed by atoms with Gasteiger partial charge in [-0.1, -0.05) is 41.4 Å². The number of amides is 1. The molecule has 0 heterocycles. The molecule has 2 aromatic carbocycles. The number of ether oxygens (including phenoxy) is 1. The number of hydrogen-bond donors (Lipinski definition) is 1. The number of nitrogens with one attached hydrogen (secondary N) is 1. The zero-order valence-corrected chi connectivity index (χ0v) is 12.4. The largest absolute Gasteiger partial charge is 0.495 e. The van der Waals surface area contributed by atoms with Crippen LogP contribution >= 0.6 is 11.6 Å². The average molecular weight is 304 g/mol. The normalized spacial score (nSPS) is 10.0. The van der Waals surface area contributed by atoms with Crippen molar-refractivity contribution < 1.29 is 14.3 Å². The number of ketones is 1. The van der Waals surface area contributed by atoms with E-state index in [0.29, 0.717) is 22.0 Å². The van der Waals surface area contributed by atoms with Crippen molar-refractivity contribution in [1.82, 2.24) is 0 Å². The Kier molecular flexibility index (Phi) is 4.60. The summed E-state index contributed by atoms with van der Waals surface area (Å²) in [6.07, 6.45) is 0. The number of aryl methyl sites for hydroxylation is 1. The maximum atomic E-state index is 12.1. The fraction of sp³-hybridized carbons (Fsp3) is 0.125. The highest BCUT2D eigenvalue weighted by Crippen LogP contribution is 2.27. The van der Waals surface area contributed by atoms with Gasteiger partial charge >= 0.3 is 0 Å². The first kappa shape index (κ1) is 15.1. The summed E-state index contributed by atoms with van der Waals surface area (Å²) in [6.45, 7) is 1.91. The lowest BCUT2D eigenvalue weighted by atomic mass is 10.1. The van der Waals surface area contributed by atoms with Crippen LogP contribution in [-0.2, 0) is 4.79 Å². The van der Waals surface area contributed by atoms with E-state index < -0.39 is 11.7 Å². The van der Waals surface area contributed by atoms with Gasteiger partial charge in [0.05, 0.1) is 12.8 Å². The number of carbonyl (C=O) groups is 2. The number of hydrogen-bond acceptors (Lipinski definition) is 3. The Hall–Kier alpha value is -2.33. The fourth-order valence-electron chi connectivity index (χ4n) is 1.79. The van der Waals surface area contributed by atoms with Gasteiger partial charge in [-0.05, 0) is 25.1 Å². The second-order valence-corrected chi connectivity index (χ2v) is 4.93. The summed E-state index contributed by atoms with van der Waals surface area (Å²) in [4.78, 5) is 24.1. The molecule has 0 aromatic heterocycles. The molecule has 0 radical (unpaired) electrons. The summed E-state index contributed by atoms with van der Waals surface area (Å²) in [5.74, 6) is -0.916. The van der Waals surface area contributed by atoms with Crippen LogP contribution in [0.2, 0.25) is 5.02 Å². The molecule has 0 unspecified atom stereocenters. The van der Waals surface area contributed by atoms with Gasteiger partial charge in [-0.2, -0.15) is 0 Å². The Labute approximate surface area is 127 Å². The minimum Gasteiger partial charge on any atom is -0.495 e. The molecule has 4 nitrogen and oxygen atoms in total. The second-order valence-electron chi connectivity index (χ2n) is 4.49. The number of Topliss-reactive ketones (excluding diaryl/α,β-unsaturated/α-hetero) is 1. The molecule has 0 atom stereocenters. The van der Waals surface area contributed by atoms with Gasteiger partial charge in [0.15, 0.2) is 0 Å².